The molecule has 0 amide bonds. The molecule has 0 spiro atoms. The maximum atomic E-state index is 12.1. The lowest BCUT2D eigenvalue weighted by atomic mass is 10.1. The third kappa shape index (κ3) is 18.4. The number of hydrogen-bond acceptors (Lipinski definition) is 2. The first-order chi connectivity index (χ1) is 22.6. The Hall–Kier alpha value is -4.74. The second kappa shape index (κ2) is 19.3. The zero-order valence-electron chi connectivity index (χ0n) is 27.6. The number of alkyl halides is 9. The molecule has 0 saturated heterocycles. The highest BCUT2D eigenvalue weighted by atomic mass is 19.4. The summed E-state index contributed by atoms with van der Waals surface area (Å²) < 4.78 is 119. The summed E-state index contributed by atoms with van der Waals surface area (Å²) in [5.74, 6) is -0.171. The van der Waals surface area contributed by atoms with Crippen LogP contribution in [0.4, 0.5) is 43.9 Å². The van der Waals surface area contributed by atoms with Gasteiger partial charge in [-0.2, -0.15) is 39.5 Å². The molecule has 0 radical (unpaired) electrons. The zero-order chi connectivity index (χ0) is 37.4. The zero-order valence-corrected chi connectivity index (χ0v) is 27.6. The van der Waals surface area contributed by atoms with Crippen LogP contribution in [0.3, 0.4) is 0 Å². The Bertz CT molecular complexity index is 1410. The van der Waals surface area contributed by atoms with Crippen LogP contribution >= 0.6 is 0 Å². The Kier molecular flexibility index (Phi) is 16.7. The SMILES string of the molecule is Cc1ccc(C(F)(F)F)cc1.Cc1ccc(C(F)(F)F)cn1.Cc1ccc(C(F)(F)F)nc1.Cc1ccc(C)cc1.Cc1ccc(F)cc1. The molecule has 3 aromatic carbocycles. The van der Waals surface area contributed by atoms with E-state index in [1.165, 1.54) is 53.7 Å². The average Bonchev–Trinajstić information content (AvgIpc) is 3.01. The lowest BCUT2D eigenvalue weighted by Gasteiger charge is -2.05. The number of benzene rings is 3. The van der Waals surface area contributed by atoms with Crippen LogP contribution in [-0.2, 0) is 18.5 Å². The molecule has 0 bridgehead atoms. The maximum absolute atomic E-state index is 12.1. The van der Waals surface area contributed by atoms with Gasteiger partial charge in [-0.3, -0.25) is 9.97 Å². The minimum atomic E-state index is -4.33. The van der Waals surface area contributed by atoms with Crippen molar-refractivity contribution < 1.29 is 43.9 Å². The molecule has 0 atom stereocenters. The molecule has 0 fully saturated rings. The molecule has 0 saturated carbocycles. The fourth-order valence-electron chi connectivity index (χ4n) is 3.18. The Labute approximate surface area is 279 Å². The molecule has 0 aliphatic carbocycles. The summed E-state index contributed by atoms with van der Waals surface area (Å²) in [6.07, 6.45) is -10.8. The fraction of sp³-hybridized carbons (Fsp3) is 0.243. The first-order valence-electron chi connectivity index (χ1n) is 14.5. The summed E-state index contributed by atoms with van der Waals surface area (Å²) in [5.41, 5.74) is 3.74. The molecule has 2 heterocycles. The molecule has 0 aliphatic heterocycles. The van der Waals surface area contributed by atoms with Gasteiger partial charge in [0.05, 0.1) is 11.1 Å². The average molecular weight is 699 g/mol. The summed E-state index contributed by atoms with van der Waals surface area (Å²) in [5, 5.41) is 0. The Morgan fingerprint density at radius 3 is 1.04 bits per heavy atom. The van der Waals surface area contributed by atoms with Gasteiger partial charge in [-0.25, -0.2) is 4.39 Å². The van der Waals surface area contributed by atoms with E-state index in [2.05, 4.69) is 48.1 Å². The molecule has 5 aromatic rings. The second-order valence-corrected chi connectivity index (χ2v) is 10.7. The number of nitrogens with zero attached hydrogens (tertiary/aromatic N) is 2. The van der Waals surface area contributed by atoms with E-state index in [9.17, 15) is 43.9 Å². The highest BCUT2D eigenvalue weighted by Crippen LogP contribution is 2.29. The van der Waals surface area contributed by atoms with Gasteiger partial charge >= 0.3 is 18.5 Å². The van der Waals surface area contributed by atoms with Gasteiger partial charge in [-0.05, 0) is 89.6 Å². The minimum absolute atomic E-state index is 0.171. The van der Waals surface area contributed by atoms with Gasteiger partial charge in [0.15, 0.2) is 0 Å². The van der Waals surface area contributed by atoms with Gasteiger partial charge in [-0.15, -0.1) is 0 Å². The summed E-state index contributed by atoms with van der Waals surface area (Å²) in [6, 6.07) is 24.6. The van der Waals surface area contributed by atoms with E-state index in [1.54, 1.807) is 32.9 Å². The molecular weight excluding hydrogens is 662 g/mol. The van der Waals surface area contributed by atoms with E-state index in [0.29, 0.717) is 5.69 Å². The largest absolute Gasteiger partial charge is 0.433 e. The summed E-state index contributed by atoms with van der Waals surface area (Å²) in [4.78, 5) is 6.75. The van der Waals surface area contributed by atoms with Crippen LogP contribution in [0, 0.1) is 47.4 Å². The normalized spacial score (nSPS) is 10.9. The molecule has 2 aromatic heterocycles. The first-order valence-corrected chi connectivity index (χ1v) is 14.5. The number of pyridine rings is 2. The number of hydrogen-bond donors (Lipinski definition) is 0. The number of aryl methyl sites for hydroxylation is 6. The predicted molar refractivity (Wildman–Crippen MR) is 171 cm³/mol. The summed E-state index contributed by atoms with van der Waals surface area (Å²) in [7, 11) is 0. The van der Waals surface area contributed by atoms with Crippen LogP contribution in [0.25, 0.3) is 0 Å². The van der Waals surface area contributed by atoms with Crippen LogP contribution in [0.15, 0.2) is 109 Å². The van der Waals surface area contributed by atoms with Crippen LogP contribution in [0.5, 0.6) is 0 Å². The molecular formula is C37H36F10N2. The summed E-state index contributed by atoms with van der Waals surface area (Å²) >= 11 is 0. The van der Waals surface area contributed by atoms with E-state index in [1.807, 2.05) is 6.92 Å². The van der Waals surface area contributed by atoms with Crippen molar-refractivity contribution in [2.45, 2.75) is 60.1 Å². The first kappa shape index (κ1) is 42.3. The topological polar surface area (TPSA) is 25.8 Å². The number of aromatic nitrogens is 2. The minimum Gasteiger partial charge on any atom is -0.261 e. The van der Waals surface area contributed by atoms with Crippen LogP contribution < -0.4 is 0 Å². The second-order valence-electron chi connectivity index (χ2n) is 10.7. The van der Waals surface area contributed by atoms with E-state index in [4.69, 9.17) is 0 Å². The van der Waals surface area contributed by atoms with Crippen molar-refractivity contribution in [1.82, 2.24) is 9.97 Å². The highest BCUT2D eigenvalue weighted by molar-refractivity contribution is 5.23. The van der Waals surface area contributed by atoms with Gasteiger partial charge < -0.3 is 0 Å². The fourth-order valence-corrected chi connectivity index (χ4v) is 3.18. The number of rotatable bonds is 0. The van der Waals surface area contributed by atoms with Gasteiger partial charge in [0.25, 0.3) is 0 Å². The smallest absolute Gasteiger partial charge is 0.261 e. The lowest BCUT2D eigenvalue weighted by Crippen LogP contribution is -2.07. The van der Waals surface area contributed by atoms with Crippen LogP contribution in [-0.4, -0.2) is 9.97 Å². The molecule has 264 valence electrons. The van der Waals surface area contributed by atoms with Crippen molar-refractivity contribution in [1.29, 1.82) is 0 Å². The Morgan fingerprint density at radius 1 is 0.367 bits per heavy atom. The quantitative estimate of drug-likeness (QED) is 0.151. The molecule has 5 rings (SSSR count). The summed E-state index contributed by atoms with van der Waals surface area (Å²) in [6.45, 7) is 11.2. The maximum Gasteiger partial charge on any atom is 0.433 e. The third-order valence-electron chi connectivity index (χ3n) is 6.05. The standard InChI is InChI=1S/C8H7F3.C8H10.2C7H6F3N.C7H7F/c1-6-2-4-7(5-3-6)8(9,10)11;1-7-3-5-8(2)6-4-7;1-5-2-3-6(4-11-5)7(8,9)10;1-5-2-3-6(11-4-5)7(8,9)10;1-6-2-4-7(8)5-3-6/h2-5H,1H3;3-6H,1-2H3;2*2-4H,1H3;2-5H,1H3. The molecule has 0 aliphatic rings. The monoisotopic (exact) mass is 698 g/mol. The molecule has 2 nitrogen and oxygen atoms in total. The molecule has 49 heavy (non-hydrogen) atoms. The van der Waals surface area contributed by atoms with Gasteiger partial charge in [0.1, 0.15) is 11.5 Å². The van der Waals surface area contributed by atoms with Gasteiger partial charge in [0, 0.05) is 18.1 Å². The van der Waals surface area contributed by atoms with Crippen molar-refractivity contribution >= 4 is 0 Å². The molecule has 12 heteroatoms. The van der Waals surface area contributed by atoms with Gasteiger partial charge in [0.2, 0.25) is 0 Å². The predicted octanol–water partition coefficient (Wildman–Crippen LogP) is 12.3. The van der Waals surface area contributed by atoms with Crippen molar-refractivity contribution in [2.75, 3.05) is 0 Å². The van der Waals surface area contributed by atoms with Gasteiger partial charge in [-0.1, -0.05) is 76.9 Å². The lowest BCUT2D eigenvalue weighted by molar-refractivity contribution is -0.141. The highest BCUT2D eigenvalue weighted by Gasteiger charge is 2.32. The number of halogens is 10. The Morgan fingerprint density at radius 2 is 0.735 bits per heavy atom. The van der Waals surface area contributed by atoms with Crippen molar-refractivity contribution in [3.8, 4) is 0 Å². The van der Waals surface area contributed by atoms with Crippen LogP contribution in [0.1, 0.15) is 50.3 Å². The van der Waals surface area contributed by atoms with Crippen molar-refractivity contribution in [3.05, 3.63) is 166 Å². The third-order valence-corrected chi connectivity index (χ3v) is 6.05. The van der Waals surface area contributed by atoms with Crippen molar-refractivity contribution in [2.24, 2.45) is 0 Å². The van der Waals surface area contributed by atoms with E-state index < -0.39 is 35.3 Å². The van der Waals surface area contributed by atoms with E-state index in [-0.39, 0.29) is 5.82 Å². The van der Waals surface area contributed by atoms with Crippen molar-refractivity contribution in [3.63, 3.8) is 0 Å². The van der Waals surface area contributed by atoms with E-state index >= 15 is 0 Å². The van der Waals surface area contributed by atoms with Crippen LogP contribution in [0.2, 0.25) is 0 Å². The van der Waals surface area contributed by atoms with E-state index in [0.717, 1.165) is 47.2 Å². The Balaban J connectivity index is 0.000000308. The molecule has 0 N–H and O–H groups in total. The molecule has 0 unspecified atom stereocenters.